The fourth-order valence-electron chi connectivity index (χ4n) is 3.87. The highest BCUT2D eigenvalue weighted by molar-refractivity contribution is 5.94. The Hall–Kier alpha value is -3.15. The fraction of sp³-hybridized carbons (Fsp3) is 0.318. The molecule has 1 aliphatic rings. The largest absolute Gasteiger partial charge is 0.350 e. The minimum Gasteiger partial charge on any atom is -0.339 e. The van der Waals surface area contributed by atoms with E-state index in [1.807, 2.05) is 66.4 Å². The maximum Gasteiger partial charge on any atom is 0.350 e. The highest BCUT2D eigenvalue weighted by Crippen LogP contribution is 2.28. The van der Waals surface area contributed by atoms with Crippen molar-refractivity contribution in [1.82, 2.24) is 19.2 Å². The summed E-state index contributed by atoms with van der Waals surface area (Å²) in [5.41, 5.74) is 2.51. The zero-order valence-corrected chi connectivity index (χ0v) is 16.2. The minimum atomic E-state index is -0.139. The number of nitrogens with zero attached hydrogens (tertiary/aromatic N) is 4. The Labute approximate surface area is 164 Å². The number of piperidine rings is 1. The number of benzene rings is 2. The predicted molar refractivity (Wildman–Crippen MR) is 108 cm³/mol. The molecule has 0 unspecified atom stereocenters. The van der Waals surface area contributed by atoms with Gasteiger partial charge in [-0.25, -0.2) is 14.0 Å². The SMILES string of the molecule is Cc1cccc(C(=O)N2CCC(c3nn(C)c(=O)n3-c3ccccc3)CC2)c1. The Morgan fingerprint density at radius 3 is 2.43 bits per heavy atom. The van der Waals surface area contributed by atoms with Gasteiger partial charge in [0.15, 0.2) is 0 Å². The number of aromatic nitrogens is 3. The normalized spacial score (nSPS) is 15.0. The molecular weight excluding hydrogens is 352 g/mol. The molecule has 2 heterocycles. The van der Waals surface area contributed by atoms with Gasteiger partial charge in [0.1, 0.15) is 5.82 Å². The molecule has 6 nitrogen and oxygen atoms in total. The Balaban J connectivity index is 1.54. The van der Waals surface area contributed by atoms with Crippen LogP contribution < -0.4 is 5.69 Å². The van der Waals surface area contributed by atoms with Gasteiger partial charge in [0.2, 0.25) is 0 Å². The summed E-state index contributed by atoms with van der Waals surface area (Å²) in [6, 6.07) is 17.3. The van der Waals surface area contributed by atoms with Crippen LogP contribution in [0, 0.1) is 6.92 Å². The molecule has 3 aromatic rings. The molecule has 2 aromatic carbocycles. The number of para-hydroxylation sites is 1. The van der Waals surface area contributed by atoms with E-state index in [4.69, 9.17) is 0 Å². The summed E-state index contributed by atoms with van der Waals surface area (Å²) in [4.78, 5) is 27.3. The second-order valence-corrected chi connectivity index (χ2v) is 7.37. The van der Waals surface area contributed by atoms with Crippen LogP contribution in [-0.2, 0) is 7.05 Å². The van der Waals surface area contributed by atoms with Crippen molar-refractivity contribution >= 4 is 5.91 Å². The lowest BCUT2D eigenvalue weighted by atomic mass is 9.95. The van der Waals surface area contributed by atoms with Crippen LogP contribution in [0.2, 0.25) is 0 Å². The molecule has 1 aromatic heterocycles. The Morgan fingerprint density at radius 1 is 1.04 bits per heavy atom. The van der Waals surface area contributed by atoms with Crippen molar-refractivity contribution in [3.8, 4) is 5.69 Å². The number of carbonyl (C=O) groups is 1. The van der Waals surface area contributed by atoms with Crippen molar-refractivity contribution < 1.29 is 4.79 Å². The number of likely N-dealkylation sites (tertiary alicyclic amines) is 1. The molecule has 1 amide bonds. The third-order valence-electron chi connectivity index (χ3n) is 5.38. The van der Waals surface area contributed by atoms with Crippen molar-refractivity contribution in [2.75, 3.05) is 13.1 Å². The first-order chi connectivity index (χ1) is 13.5. The number of hydrogen-bond donors (Lipinski definition) is 0. The molecule has 1 aliphatic heterocycles. The van der Waals surface area contributed by atoms with Crippen LogP contribution in [0.25, 0.3) is 5.69 Å². The lowest BCUT2D eigenvalue weighted by Crippen LogP contribution is -2.38. The molecule has 0 spiro atoms. The first kappa shape index (κ1) is 18.2. The Kier molecular flexibility index (Phi) is 4.86. The van der Waals surface area contributed by atoms with Crippen LogP contribution in [0.5, 0.6) is 0 Å². The molecule has 0 radical (unpaired) electrons. The van der Waals surface area contributed by atoms with E-state index in [2.05, 4.69) is 5.10 Å². The van der Waals surface area contributed by atoms with Crippen LogP contribution in [0.15, 0.2) is 59.4 Å². The second-order valence-electron chi connectivity index (χ2n) is 7.37. The molecule has 1 saturated heterocycles. The Morgan fingerprint density at radius 2 is 1.75 bits per heavy atom. The topological polar surface area (TPSA) is 60.1 Å². The maximum absolute atomic E-state index is 12.8. The molecule has 1 fully saturated rings. The van der Waals surface area contributed by atoms with Crippen LogP contribution in [0.1, 0.15) is 40.5 Å². The number of amides is 1. The molecule has 0 saturated carbocycles. The van der Waals surface area contributed by atoms with Gasteiger partial charge >= 0.3 is 5.69 Å². The lowest BCUT2D eigenvalue weighted by Gasteiger charge is -2.31. The van der Waals surface area contributed by atoms with E-state index < -0.39 is 0 Å². The van der Waals surface area contributed by atoms with Gasteiger partial charge in [0.25, 0.3) is 5.91 Å². The van der Waals surface area contributed by atoms with Gasteiger partial charge in [-0.05, 0) is 44.0 Å². The van der Waals surface area contributed by atoms with E-state index in [9.17, 15) is 9.59 Å². The van der Waals surface area contributed by atoms with Crippen molar-refractivity contribution in [2.24, 2.45) is 7.05 Å². The van der Waals surface area contributed by atoms with Gasteiger partial charge in [-0.2, -0.15) is 5.10 Å². The van der Waals surface area contributed by atoms with E-state index >= 15 is 0 Å². The minimum absolute atomic E-state index is 0.0728. The molecule has 0 bridgehead atoms. The van der Waals surface area contributed by atoms with E-state index in [1.165, 1.54) is 4.68 Å². The number of carbonyl (C=O) groups excluding carboxylic acids is 1. The standard InChI is InChI=1S/C22H24N4O2/c1-16-7-6-8-18(15-16)21(27)25-13-11-17(12-14-25)20-23-24(2)22(28)26(20)19-9-4-3-5-10-19/h3-10,15,17H,11-14H2,1-2H3. The summed E-state index contributed by atoms with van der Waals surface area (Å²) in [5, 5.41) is 4.51. The van der Waals surface area contributed by atoms with E-state index in [1.54, 1.807) is 11.6 Å². The van der Waals surface area contributed by atoms with E-state index in [0.717, 1.165) is 35.5 Å². The zero-order valence-electron chi connectivity index (χ0n) is 16.2. The van der Waals surface area contributed by atoms with Gasteiger partial charge < -0.3 is 4.90 Å². The van der Waals surface area contributed by atoms with Gasteiger partial charge in [-0.1, -0.05) is 35.9 Å². The summed E-state index contributed by atoms with van der Waals surface area (Å²) in [7, 11) is 1.68. The molecule has 4 rings (SSSR count). The van der Waals surface area contributed by atoms with Crippen molar-refractivity contribution in [3.05, 3.63) is 82.0 Å². The van der Waals surface area contributed by atoms with Gasteiger partial charge in [0.05, 0.1) is 5.69 Å². The summed E-state index contributed by atoms with van der Waals surface area (Å²) in [5.74, 6) is 1.00. The fourth-order valence-corrected chi connectivity index (χ4v) is 3.87. The molecule has 0 atom stereocenters. The summed E-state index contributed by atoms with van der Waals surface area (Å²) < 4.78 is 3.09. The predicted octanol–water partition coefficient (Wildman–Crippen LogP) is 2.90. The van der Waals surface area contributed by atoms with Crippen molar-refractivity contribution in [2.45, 2.75) is 25.7 Å². The zero-order chi connectivity index (χ0) is 19.7. The molecule has 0 N–H and O–H groups in total. The number of hydrogen-bond acceptors (Lipinski definition) is 3. The van der Waals surface area contributed by atoms with Crippen LogP contribution in [-0.4, -0.2) is 38.2 Å². The Bertz CT molecular complexity index is 1040. The van der Waals surface area contributed by atoms with Crippen LogP contribution in [0.3, 0.4) is 0 Å². The summed E-state index contributed by atoms with van der Waals surface area (Å²) in [6.07, 6.45) is 1.59. The highest BCUT2D eigenvalue weighted by Gasteiger charge is 2.29. The maximum atomic E-state index is 12.8. The number of aryl methyl sites for hydroxylation is 2. The van der Waals surface area contributed by atoms with Crippen LogP contribution >= 0.6 is 0 Å². The van der Waals surface area contributed by atoms with Crippen LogP contribution in [0.4, 0.5) is 0 Å². The number of rotatable bonds is 3. The molecule has 0 aliphatic carbocycles. The molecule has 28 heavy (non-hydrogen) atoms. The first-order valence-corrected chi connectivity index (χ1v) is 9.62. The van der Waals surface area contributed by atoms with E-state index in [0.29, 0.717) is 13.1 Å². The van der Waals surface area contributed by atoms with E-state index in [-0.39, 0.29) is 17.5 Å². The van der Waals surface area contributed by atoms with Crippen molar-refractivity contribution in [1.29, 1.82) is 0 Å². The first-order valence-electron chi connectivity index (χ1n) is 9.62. The second kappa shape index (κ2) is 7.46. The lowest BCUT2D eigenvalue weighted by molar-refractivity contribution is 0.0710. The third kappa shape index (κ3) is 3.38. The average Bonchev–Trinajstić information content (AvgIpc) is 3.03. The molecule has 6 heteroatoms. The average molecular weight is 376 g/mol. The summed E-state index contributed by atoms with van der Waals surface area (Å²) >= 11 is 0. The smallest absolute Gasteiger partial charge is 0.339 e. The van der Waals surface area contributed by atoms with Crippen molar-refractivity contribution in [3.63, 3.8) is 0 Å². The monoisotopic (exact) mass is 376 g/mol. The quantitative estimate of drug-likeness (QED) is 0.706. The van der Waals surface area contributed by atoms with Gasteiger partial charge in [-0.3, -0.25) is 4.79 Å². The molecule has 144 valence electrons. The van der Waals surface area contributed by atoms with Gasteiger partial charge in [-0.15, -0.1) is 0 Å². The van der Waals surface area contributed by atoms with Gasteiger partial charge in [0, 0.05) is 31.6 Å². The third-order valence-corrected chi connectivity index (χ3v) is 5.38. The summed E-state index contributed by atoms with van der Waals surface area (Å²) in [6.45, 7) is 3.32. The highest BCUT2D eigenvalue weighted by atomic mass is 16.2. The molecular formula is C22H24N4O2.